The lowest BCUT2D eigenvalue weighted by molar-refractivity contribution is 0.117. The summed E-state index contributed by atoms with van der Waals surface area (Å²) in [5.74, 6) is 0.755. The van der Waals surface area contributed by atoms with E-state index in [1.807, 2.05) is 25.2 Å². The molecule has 1 fully saturated rings. The molecule has 2 amide bonds. The Balaban J connectivity index is 1.59. The normalized spacial score (nSPS) is 16.9. The first-order valence-electron chi connectivity index (χ1n) is 9.25. The molecule has 1 aromatic carbocycles. The summed E-state index contributed by atoms with van der Waals surface area (Å²) < 4.78 is 5.65. The van der Waals surface area contributed by atoms with Gasteiger partial charge in [-0.3, -0.25) is 4.90 Å². The number of amides is 2. The Hall–Kier alpha value is -1.50. The highest BCUT2D eigenvalue weighted by atomic mass is 35.5. The third kappa shape index (κ3) is 7.02. The minimum absolute atomic E-state index is 0.0336. The van der Waals surface area contributed by atoms with Crippen LogP contribution in [0.4, 0.5) is 4.79 Å². The van der Waals surface area contributed by atoms with Gasteiger partial charge in [-0.1, -0.05) is 17.7 Å². The molecule has 146 valence electrons. The monoisotopic (exact) mass is 382 g/mol. The van der Waals surface area contributed by atoms with E-state index in [0.29, 0.717) is 30.8 Å². The van der Waals surface area contributed by atoms with Gasteiger partial charge in [-0.25, -0.2) is 4.79 Å². The Morgan fingerprint density at radius 2 is 2.08 bits per heavy atom. The molecule has 7 heteroatoms. The van der Waals surface area contributed by atoms with Crippen molar-refractivity contribution in [3.8, 4) is 5.75 Å². The van der Waals surface area contributed by atoms with Gasteiger partial charge in [0, 0.05) is 57.4 Å². The van der Waals surface area contributed by atoms with Crippen LogP contribution in [0.5, 0.6) is 5.75 Å². The highest BCUT2D eigenvalue weighted by molar-refractivity contribution is 6.30. The molecule has 1 atom stereocenters. The highest BCUT2D eigenvalue weighted by Crippen LogP contribution is 2.17. The minimum Gasteiger partial charge on any atom is -0.493 e. The van der Waals surface area contributed by atoms with Crippen LogP contribution in [0.25, 0.3) is 0 Å². The predicted molar refractivity (Wildman–Crippen MR) is 106 cm³/mol. The number of urea groups is 1. The van der Waals surface area contributed by atoms with Crippen molar-refractivity contribution in [3.05, 3.63) is 29.3 Å². The van der Waals surface area contributed by atoms with E-state index in [0.717, 1.165) is 38.3 Å². The van der Waals surface area contributed by atoms with Gasteiger partial charge in [0.25, 0.3) is 0 Å². The Kier molecular flexibility index (Phi) is 8.48. The van der Waals surface area contributed by atoms with Gasteiger partial charge < -0.3 is 19.9 Å². The van der Waals surface area contributed by atoms with Crippen LogP contribution >= 0.6 is 11.6 Å². The Bertz CT molecular complexity index is 564. The molecule has 1 aliphatic heterocycles. The summed E-state index contributed by atoms with van der Waals surface area (Å²) in [7, 11) is 3.96. The number of benzene rings is 1. The largest absolute Gasteiger partial charge is 0.493 e. The summed E-state index contributed by atoms with van der Waals surface area (Å²) in [5.41, 5.74) is 0. The number of hydrogen-bond donors (Lipinski definition) is 1. The van der Waals surface area contributed by atoms with E-state index in [1.165, 1.54) is 0 Å². The molecule has 0 unspecified atom stereocenters. The molecule has 26 heavy (non-hydrogen) atoms. The lowest BCUT2D eigenvalue weighted by atomic mass is 10.2. The topological polar surface area (TPSA) is 48.1 Å². The Morgan fingerprint density at radius 1 is 1.35 bits per heavy atom. The van der Waals surface area contributed by atoms with Crippen LogP contribution in [-0.4, -0.2) is 86.7 Å². The minimum atomic E-state index is -0.0336. The van der Waals surface area contributed by atoms with Crippen molar-refractivity contribution in [2.24, 2.45) is 0 Å². The second-order valence-corrected chi connectivity index (χ2v) is 7.39. The highest BCUT2D eigenvalue weighted by Gasteiger charge is 2.19. The van der Waals surface area contributed by atoms with Crippen molar-refractivity contribution in [1.82, 2.24) is 20.0 Å². The molecule has 1 N–H and O–H groups in total. The van der Waals surface area contributed by atoms with Crippen molar-refractivity contribution in [1.29, 1.82) is 0 Å². The van der Waals surface area contributed by atoms with E-state index in [4.69, 9.17) is 16.3 Å². The molecular formula is C19H31ClN4O2. The van der Waals surface area contributed by atoms with Gasteiger partial charge in [0.15, 0.2) is 0 Å². The van der Waals surface area contributed by atoms with E-state index in [9.17, 15) is 4.79 Å². The first kappa shape index (κ1) is 20.8. The number of nitrogens with one attached hydrogen (secondary N) is 1. The van der Waals surface area contributed by atoms with Crippen LogP contribution in [-0.2, 0) is 0 Å². The first-order chi connectivity index (χ1) is 12.5. The molecule has 0 saturated carbocycles. The van der Waals surface area contributed by atoms with E-state index >= 15 is 0 Å². The van der Waals surface area contributed by atoms with Crippen LogP contribution in [0.1, 0.15) is 13.3 Å². The number of rotatable bonds is 8. The second-order valence-electron chi connectivity index (χ2n) is 6.96. The van der Waals surface area contributed by atoms with Crippen LogP contribution in [0.2, 0.25) is 5.02 Å². The van der Waals surface area contributed by atoms with Gasteiger partial charge in [-0.05, 0) is 38.6 Å². The maximum Gasteiger partial charge on any atom is 0.317 e. The lowest BCUT2D eigenvalue weighted by Crippen LogP contribution is -2.52. The second kappa shape index (κ2) is 10.6. The molecule has 1 heterocycles. The fraction of sp³-hybridized carbons (Fsp3) is 0.632. The van der Waals surface area contributed by atoms with Gasteiger partial charge >= 0.3 is 6.03 Å². The van der Waals surface area contributed by atoms with Gasteiger partial charge in [0.2, 0.25) is 0 Å². The van der Waals surface area contributed by atoms with Crippen LogP contribution in [0.15, 0.2) is 24.3 Å². The van der Waals surface area contributed by atoms with Crippen molar-refractivity contribution in [2.75, 3.05) is 60.0 Å². The fourth-order valence-corrected chi connectivity index (χ4v) is 3.09. The maximum atomic E-state index is 12.2. The van der Waals surface area contributed by atoms with E-state index in [-0.39, 0.29) is 6.03 Å². The first-order valence-corrected chi connectivity index (χ1v) is 9.63. The lowest BCUT2D eigenvalue weighted by Gasteiger charge is -2.36. The van der Waals surface area contributed by atoms with Crippen molar-refractivity contribution >= 4 is 17.6 Å². The van der Waals surface area contributed by atoms with Crippen LogP contribution in [0, 0.1) is 0 Å². The van der Waals surface area contributed by atoms with Crippen molar-refractivity contribution < 1.29 is 9.53 Å². The van der Waals surface area contributed by atoms with Crippen LogP contribution < -0.4 is 10.1 Å². The van der Waals surface area contributed by atoms with E-state index in [2.05, 4.69) is 29.1 Å². The molecule has 1 aliphatic rings. The molecule has 0 bridgehead atoms. The number of carbonyl (C=O) groups is 1. The van der Waals surface area contributed by atoms with E-state index < -0.39 is 0 Å². The molecule has 0 radical (unpaired) electrons. The number of halogens is 1. The molecular weight excluding hydrogens is 352 g/mol. The zero-order chi connectivity index (χ0) is 18.9. The number of piperazine rings is 1. The average molecular weight is 383 g/mol. The van der Waals surface area contributed by atoms with E-state index in [1.54, 1.807) is 11.0 Å². The number of nitrogens with zero attached hydrogens (tertiary/aromatic N) is 3. The zero-order valence-electron chi connectivity index (χ0n) is 16.1. The predicted octanol–water partition coefficient (Wildman–Crippen LogP) is 2.39. The summed E-state index contributed by atoms with van der Waals surface area (Å²) in [6.07, 6.45) is 0.768. The van der Waals surface area contributed by atoms with Crippen LogP contribution in [0.3, 0.4) is 0 Å². The van der Waals surface area contributed by atoms with Crippen molar-refractivity contribution in [3.63, 3.8) is 0 Å². The molecule has 0 spiro atoms. The van der Waals surface area contributed by atoms with Gasteiger partial charge in [-0.2, -0.15) is 0 Å². The quantitative estimate of drug-likeness (QED) is 0.701. The standard InChI is InChI=1S/C19H31ClN4O2/c1-16(24-11-9-22(2)10-12-24)15-21-19(25)23(3)8-5-13-26-18-7-4-6-17(20)14-18/h4,6-7,14,16H,5,8-13,15H2,1-3H3,(H,21,25)/t16-/m0/s1. The number of carbonyl (C=O) groups excluding carboxylic acids is 1. The summed E-state index contributed by atoms with van der Waals surface area (Å²) in [6.45, 7) is 8.34. The summed E-state index contributed by atoms with van der Waals surface area (Å²) in [5, 5.41) is 3.69. The number of ether oxygens (including phenoxy) is 1. The maximum absolute atomic E-state index is 12.2. The fourth-order valence-electron chi connectivity index (χ4n) is 2.91. The van der Waals surface area contributed by atoms with Gasteiger partial charge in [-0.15, -0.1) is 0 Å². The summed E-state index contributed by atoms with van der Waals surface area (Å²) in [6, 6.07) is 7.66. The smallest absolute Gasteiger partial charge is 0.317 e. The number of likely N-dealkylation sites (N-methyl/N-ethyl adjacent to an activating group) is 1. The van der Waals surface area contributed by atoms with Gasteiger partial charge in [0.1, 0.15) is 5.75 Å². The van der Waals surface area contributed by atoms with Crippen molar-refractivity contribution in [2.45, 2.75) is 19.4 Å². The average Bonchev–Trinajstić information content (AvgIpc) is 2.63. The Labute approximate surface area is 162 Å². The third-order valence-corrected chi connectivity index (χ3v) is 4.99. The summed E-state index contributed by atoms with van der Waals surface area (Å²) in [4.78, 5) is 18.7. The molecule has 6 nitrogen and oxygen atoms in total. The SMILES string of the molecule is C[C@@H](CNC(=O)N(C)CCCOc1cccc(Cl)c1)N1CCN(C)CC1. The Morgan fingerprint density at radius 3 is 2.77 bits per heavy atom. The summed E-state index contributed by atoms with van der Waals surface area (Å²) >= 11 is 5.93. The third-order valence-electron chi connectivity index (χ3n) is 4.76. The molecule has 1 aromatic rings. The zero-order valence-corrected chi connectivity index (χ0v) is 16.8. The molecule has 1 saturated heterocycles. The number of hydrogen-bond acceptors (Lipinski definition) is 4. The molecule has 2 rings (SSSR count). The van der Waals surface area contributed by atoms with Gasteiger partial charge in [0.05, 0.1) is 6.61 Å². The molecule has 0 aliphatic carbocycles. The molecule has 0 aromatic heterocycles.